The van der Waals surface area contributed by atoms with Gasteiger partial charge in [0.2, 0.25) is 17.7 Å². The van der Waals surface area contributed by atoms with Crippen molar-refractivity contribution in [2.24, 2.45) is 11.8 Å². The minimum absolute atomic E-state index is 0.0301. The molecular weight excluding hydrogens is 374 g/mol. The third-order valence-electron chi connectivity index (χ3n) is 5.80. The highest BCUT2D eigenvalue weighted by Crippen LogP contribution is 2.21. The molecule has 0 aromatic heterocycles. The van der Waals surface area contributed by atoms with Gasteiger partial charge in [-0.25, -0.2) is 0 Å². The number of esters is 1. The van der Waals surface area contributed by atoms with Crippen LogP contribution in [0.25, 0.3) is 0 Å². The molecule has 2 aliphatic heterocycles. The fourth-order valence-corrected chi connectivity index (χ4v) is 4.09. The van der Waals surface area contributed by atoms with Crippen LogP contribution in [0.15, 0.2) is 0 Å². The van der Waals surface area contributed by atoms with Crippen LogP contribution in [0.2, 0.25) is 0 Å². The van der Waals surface area contributed by atoms with Crippen molar-refractivity contribution < 1.29 is 23.9 Å². The van der Waals surface area contributed by atoms with Gasteiger partial charge < -0.3 is 19.4 Å². The summed E-state index contributed by atoms with van der Waals surface area (Å²) in [6, 6.07) is 0. The number of piperidine rings is 2. The second kappa shape index (κ2) is 11.2. The minimum Gasteiger partial charge on any atom is -0.466 e. The second-order valence-corrected chi connectivity index (χ2v) is 8.03. The lowest BCUT2D eigenvalue weighted by Crippen LogP contribution is -2.49. The van der Waals surface area contributed by atoms with Crippen LogP contribution < -0.4 is 0 Å². The molecule has 1 unspecified atom stereocenters. The van der Waals surface area contributed by atoms with Gasteiger partial charge in [0.25, 0.3) is 0 Å². The summed E-state index contributed by atoms with van der Waals surface area (Å²) in [7, 11) is 1.65. The van der Waals surface area contributed by atoms with Crippen molar-refractivity contribution in [2.45, 2.75) is 52.4 Å². The Labute approximate surface area is 173 Å². The highest BCUT2D eigenvalue weighted by Gasteiger charge is 2.32. The number of hydrogen-bond donors (Lipinski definition) is 0. The number of rotatable bonds is 7. The van der Waals surface area contributed by atoms with Crippen molar-refractivity contribution in [3.05, 3.63) is 0 Å². The molecule has 2 rings (SSSR count). The van der Waals surface area contributed by atoms with E-state index in [2.05, 4.69) is 0 Å². The first-order chi connectivity index (χ1) is 13.9. The highest BCUT2D eigenvalue weighted by molar-refractivity contribution is 5.86. The van der Waals surface area contributed by atoms with Crippen LogP contribution in [0.5, 0.6) is 0 Å². The second-order valence-electron chi connectivity index (χ2n) is 8.03. The van der Waals surface area contributed by atoms with Crippen LogP contribution in [0.1, 0.15) is 52.4 Å². The summed E-state index contributed by atoms with van der Waals surface area (Å²) in [5, 5.41) is 0. The SMILES string of the molecule is CCCC(=O)N1CCCC(C(=O)N(C)CC(=O)N2CCC(C(=O)OCC)CC2)C1. The first kappa shape index (κ1) is 23.2. The Balaban J connectivity index is 1.81. The Morgan fingerprint density at radius 2 is 1.62 bits per heavy atom. The Bertz CT molecular complexity index is 601. The predicted octanol–water partition coefficient (Wildman–Crippen LogP) is 1.29. The van der Waals surface area contributed by atoms with E-state index < -0.39 is 0 Å². The van der Waals surface area contributed by atoms with Gasteiger partial charge in [-0.05, 0) is 39.0 Å². The molecule has 2 saturated heterocycles. The molecule has 2 heterocycles. The molecular formula is C21H35N3O5. The fourth-order valence-electron chi connectivity index (χ4n) is 4.09. The third kappa shape index (κ3) is 6.44. The van der Waals surface area contributed by atoms with Gasteiger partial charge in [-0.3, -0.25) is 19.2 Å². The molecule has 2 aliphatic rings. The van der Waals surface area contributed by atoms with E-state index in [9.17, 15) is 19.2 Å². The molecule has 29 heavy (non-hydrogen) atoms. The maximum atomic E-state index is 12.8. The molecule has 8 nitrogen and oxygen atoms in total. The molecule has 164 valence electrons. The van der Waals surface area contributed by atoms with Gasteiger partial charge >= 0.3 is 5.97 Å². The summed E-state index contributed by atoms with van der Waals surface area (Å²) in [6.45, 7) is 6.33. The highest BCUT2D eigenvalue weighted by atomic mass is 16.5. The van der Waals surface area contributed by atoms with E-state index in [4.69, 9.17) is 4.74 Å². The summed E-state index contributed by atoms with van der Waals surface area (Å²) in [5.41, 5.74) is 0. The van der Waals surface area contributed by atoms with E-state index in [1.54, 1.807) is 23.8 Å². The standard InChI is InChI=1S/C21H35N3O5/c1-4-7-18(25)24-11-6-8-17(14-24)20(27)22(3)15-19(26)23-12-9-16(10-13-23)21(28)29-5-2/h16-17H,4-15H2,1-3H3. The lowest BCUT2D eigenvalue weighted by molar-refractivity contribution is -0.151. The van der Waals surface area contributed by atoms with E-state index in [0.717, 1.165) is 19.3 Å². The minimum atomic E-state index is -0.239. The normalized spacial score (nSPS) is 20.3. The summed E-state index contributed by atoms with van der Waals surface area (Å²) in [6.07, 6.45) is 4.07. The number of carbonyl (C=O) groups is 4. The van der Waals surface area contributed by atoms with Gasteiger partial charge in [0.15, 0.2) is 0 Å². The number of amides is 3. The lowest BCUT2D eigenvalue weighted by atomic mass is 9.96. The number of hydrogen-bond acceptors (Lipinski definition) is 5. The average molecular weight is 410 g/mol. The Kier molecular flexibility index (Phi) is 8.92. The van der Waals surface area contributed by atoms with Crippen molar-refractivity contribution in [1.82, 2.24) is 14.7 Å². The zero-order valence-electron chi connectivity index (χ0n) is 18.0. The largest absolute Gasteiger partial charge is 0.466 e. The zero-order chi connectivity index (χ0) is 21.4. The Hall–Kier alpha value is -2.12. The van der Waals surface area contributed by atoms with E-state index >= 15 is 0 Å². The van der Waals surface area contributed by atoms with Gasteiger partial charge in [0.1, 0.15) is 0 Å². The maximum absolute atomic E-state index is 12.8. The van der Waals surface area contributed by atoms with Crippen LogP contribution in [0.4, 0.5) is 0 Å². The third-order valence-corrected chi connectivity index (χ3v) is 5.80. The van der Waals surface area contributed by atoms with Crippen molar-refractivity contribution in [3.63, 3.8) is 0 Å². The molecule has 0 spiro atoms. The van der Waals surface area contributed by atoms with Crippen molar-refractivity contribution in [3.8, 4) is 0 Å². The quantitative estimate of drug-likeness (QED) is 0.591. The van der Waals surface area contributed by atoms with Crippen molar-refractivity contribution >= 4 is 23.7 Å². The van der Waals surface area contributed by atoms with Gasteiger partial charge in [0.05, 0.1) is 25.0 Å². The molecule has 0 aromatic carbocycles. The Morgan fingerprint density at radius 1 is 0.931 bits per heavy atom. The average Bonchev–Trinajstić information content (AvgIpc) is 2.73. The number of carbonyl (C=O) groups excluding carboxylic acids is 4. The zero-order valence-corrected chi connectivity index (χ0v) is 18.0. The first-order valence-corrected chi connectivity index (χ1v) is 10.8. The number of nitrogens with zero attached hydrogens (tertiary/aromatic N) is 3. The van der Waals surface area contributed by atoms with Crippen molar-refractivity contribution in [2.75, 3.05) is 46.4 Å². The topological polar surface area (TPSA) is 87.2 Å². The molecule has 0 aliphatic carbocycles. The van der Waals surface area contributed by atoms with Gasteiger partial charge in [0, 0.05) is 39.6 Å². The summed E-state index contributed by atoms with van der Waals surface area (Å²) in [4.78, 5) is 54.4. The number of ether oxygens (including phenoxy) is 1. The molecule has 0 bridgehead atoms. The summed E-state index contributed by atoms with van der Waals surface area (Å²) in [5.74, 6) is -0.643. The molecule has 0 N–H and O–H groups in total. The van der Waals surface area contributed by atoms with E-state index in [1.807, 2.05) is 6.92 Å². The van der Waals surface area contributed by atoms with Crippen molar-refractivity contribution in [1.29, 1.82) is 0 Å². The fraction of sp³-hybridized carbons (Fsp3) is 0.810. The smallest absolute Gasteiger partial charge is 0.309 e. The lowest BCUT2D eigenvalue weighted by Gasteiger charge is -2.35. The first-order valence-electron chi connectivity index (χ1n) is 10.8. The van der Waals surface area contributed by atoms with Gasteiger partial charge in [-0.2, -0.15) is 0 Å². The van der Waals surface area contributed by atoms with Crippen LogP contribution in [0.3, 0.4) is 0 Å². The molecule has 0 aromatic rings. The van der Waals surface area contributed by atoms with Gasteiger partial charge in [-0.1, -0.05) is 6.92 Å². The summed E-state index contributed by atoms with van der Waals surface area (Å²) < 4.78 is 5.06. The summed E-state index contributed by atoms with van der Waals surface area (Å²) >= 11 is 0. The van der Waals surface area contributed by atoms with E-state index in [0.29, 0.717) is 52.0 Å². The predicted molar refractivity (Wildman–Crippen MR) is 108 cm³/mol. The van der Waals surface area contributed by atoms with Crippen LogP contribution in [0, 0.1) is 11.8 Å². The molecule has 0 saturated carbocycles. The molecule has 3 amide bonds. The maximum Gasteiger partial charge on any atom is 0.309 e. The molecule has 1 atom stereocenters. The molecule has 0 radical (unpaired) electrons. The Morgan fingerprint density at radius 3 is 2.24 bits per heavy atom. The molecule has 2 fully saturated rings. The van der Waals surface area contributed by atoms with Crippen LogP contribution in [-0.2, 0) is 23.9 Å². The van der Waals surface area contributed by atoms with Gasteiger partial charge in [-0.15, -0.1) is 0 Å². The molecule has 8 heteroatoms. The van der Waals surface area contributed by atoms with Crippen LogP contribution >= 0.6 is 0 Å². The monoisotopic (exact) mass is 409 g/mol. The van der Waals surface area contributed by atoms with E-state index in [1.165, 1.54) is 4.90 Å². The number of likely N-dealkylation sites (tertiary alicyclic amines) is 2. The van der Waals surface area contributed by atoms with Crippen LogP contribution in [-0.4, -0.2) is 84.8 Å². The van der Waals surface area contributed by atoms with E-state index in [-0.39, 0.29) is 42.1 Å². The number of likely N-dealkylation sites (N-methyl/N-ethyl adjacent to an activating group) is 1.